The topological polar surface area (TPSA) is 77.8 Å². The van der Waals surface area contributed by atoms with E-state index in [4.69, 9.17) is 19.2 Å². The molecule has 0 aliphatic carbocycles. The van der Waals surface area contributed by atoms with Crippen LogP contribution in [0.15, 0.2) is 0 Å². The summed E-state index contributed by atoms with van der Waals surface area (Å²) < 4.78 is 8.88. The molecule has 0 bridgehead atoms. The van der Waals surface area contributed by atoms with Crippen LogP contribution in [0.2, 0.25) is 0 Å². The number of hydrogen-bond donors (Lipinski definition) is 3. The molecular formula is H6GaO4P. The summed E-state index contributed by atoms with van der Waals surface area (Å²) in [6.07, 6.45) is 0. The van der Waals surface area contributed by atoms with Gasteiger partial charge in [-0.3, -0.25) is 0 Å². The second-order valence-corrected chi connectivity index (χ2v) is 1.54. The van der Waals surface area contributed by atoms with Gasteiger partial charge < -0.3 is 14.7 Å². The molecule has 3 N–H and O–H groups in total. The second kappa shape index (κ2) is 2.84. The van der Waals surface area contributed by atoms with E-state index in [9.17, 15) is 0 Å². The Labute approximate surface area is 47.5 Å². The van der Waals surface area contributed by atoms with Crippen LogP contribution < -0.4 is 0 Å². The molecule has 0 atom stereocenters. The van der Waals surface area contributed by atoms with E-state index in [1.54, 1.807) is 0 Å². The van der Waals surface area contributed by atoms with Gasteiger partial charge in [0.1, 0.15) is 0 Å². The third-order valence-corrected chi connectivity index (χ3v) is 0. The fourth-order valence-electron chi connectivity index (χ4n) is 0. The second-order valence-electron chi connectivity index (χ2n) is 0.513. The van der Waals surface area contributed by atoms with E-state index in [-0.39, 0.29) is 19.8 Å². The van der Waals surface area contributed by atoms with Crippen LogP contribution in [0, 0.1) is 0 Å². The fraction of sp³-hybridized carbons (Fsp3) is 0. The Kier molecular flexibility index (Phi) is 4.69. The maximum absolute atomic E-state index is 8.88. The van der Waals surface area contributed by atoms with Gasteiger partial charge in [-0.2, -0.15) is 0 Å². The van der Waals surface area contributed by atoms with Crippen LogP contribution in [0.4, 0.5) is 0 Å². The third-order valence-electron chi connectivity index (χ3n) is 0. The van der Waals surface area contributed by atoms with E-state index < -0.39 is 7.82 Å². The Morgan fingerprint density at radius 2 is 1.17 bits per heavy atom. The van der Waals surface area contributed by atoms with Crippen molar-refractivity contribution in [3.8, 4) is 0 Å². The molecule has 0 unspecified atom stereocenters. The van der Waals surface area contributed by atoms with Crippen LogP contribution in [0.1, 0.15) is 0 Å². The molecule has 0 aromatic rings. The molecule has 0 aliphatic rings. The van der Waals surface area contributed by atoms with Crippen LogP contribution in [-0.4, -0.2) is 34.5 Å². The zero-order valence-corrected chi connectivity index (χ0v) is 3.09. The van der Waals surface area contributed by atoms with Gasteiger partial charge in [0.05, 0.1) is 0 Å². The van der Waals surface area contributed by atoms with Gasteiger partial charge in [-0.1, -0.05) is 0 Å². The van der Waals surface area contributed by atoms with Gasteiger partial charge >= 0.3 is 27.6 Å². The van der Waals surface area contributed by atoms with Crippen molar-refractivity contribution in [3.05, 3.63) is 0 Å². The molecule has 0 amide bonds. The van der Waals surface area contributed by atoms with E-state index in [2.05, 4.69) is 0 Å². The Hall–Kier alpha value is 0.746. The number of hydrogen-bond acceptors (Lipinski definition) is 1. The zero-order valence-electron chi connectivity index (χ0n) is 2.20. The van der Waals surface area contributed by atoms with Crippen molar-refractivity contribution < 1.29 is 19.2 Å². The van der Waals surface area contributed by atoms with E-state index in [1.807, 2.05) is 0 Å². The van der Waals surface area contributed by atoms with Gasteiger partial charge in [-0.15, -0.1) is 0 Å². The molecule has 0 saturated heterocycles. The van der Waals surface area contributed by atoms with E-state index in [0.29, 0.717) is 0 Å². The molecule has 0 heterocycles. The molecule has 0 spiro atoms. The number of rotatable bonds is 0. The summed E-state index contributed by atoms with van der Waals surface area (Å²) in [5.74, 6) is 0. The molecule has 0 rings (SSSR count). The Bertz CT molecular complexity index is 53.7. The first-order valence-corrected chi connectivity index (χ1v) is 2.35. The summed E-state index contributed by atoms with van der Waals surface area (Å²) in [7, 11) is -4.64. The van der Waals surface area contributed by atoms with Crippen LogP contribution in [-0.2, 0) is 4.57 Å². The summed E-state index contributed by atoms with van der Waals surface area (Å²) in [5, 5.41) is 0. The molecule has 4 nitrogen and oxygen atoms in total. The minimum atomic E-state index is -4.64. The van der Waals surface area contributed by atoms with Crippen LogP contribution in [0.3, 0.4) is 0 Å². The first kappa shape index (κ1) is 9.89. The van der Waals surface area contributed by atoms with Crippen molar-refractivity contribution in [1.82, 2.24) is 0 Å². The summed E-state index contributed by atoms with van der Waals surface area (Å²) >= 11 is 0. The maximum atomic E-state index is 8.88. The predicted octanol–water partition coefficient (Wildman–Crippen LogP) is -2.11. The number of phosphoric acid groups is 1. The van der Waals surface area contributed by atoms with Crippen molar-refractivity contribution in [1.29, 1.82) is 0 Å². The monoisotopic (exact) mass is 170 g/mol. The van der Waals surface area contributed by atoms with Crippen molar-refractivity contribution in [2.45, 2.75) is 0 Å². The molecule has 0 saturated carbocycles. The summed E-state index contributed by atoms with van der Waals surface area (Å²) in [6.45, 7) is 0. The first-order valence-electron chi connectivity index (χ1n) is 0.783. The first-order chi connectivity index (χ1) is 2.00. The quantitative estimate of drug-likeness (QED) is 0.287. The summed E-state index contributed by atoms with van der Waals surface area (Å²) in [5.41, 5.74) is 0. The van der Waals surface area contributed by atoms with Gasteiger partial charge in [-0.05, 0) is 0 Å². The van der Waals surface area contributed by atoms with Crippen molar-refractivity contribution in [3.63, 3.8) is 0 Å². The van der Waals surface area contributed by atoms with E-state index >= 15 is 0 Å². The SMILES string of the molecule is O=P(O)(O)O.[GaH3]. The Balaban J connectivity index is 0. The van der Waals surface area contributed by atoms with Crippen LogP contribution in [0.5, 0.6) is 0 Å². The van der Waals surface area contributed by atoms with Gasteiger partial charge in [0.25, 0.3) is 0 Å². The predicted molar refractivity (Wildman–Crippen MR) is 24.2 cm³/mol. The Morgan fingerprint density at radius 3 is 1.17 bits per heavy atom. The van der Waals surface area contributed by atoms with Crippen LogP contribution >= 0.6 is 7.82 Å². The van der Waals surface area contributed by atoms with Gasteiger partial charge in [-0.25, -0.2) is 4.57 Å². The Morgan fingerprint density at radius 1 is 1.17 bits per heavy atom. The van der Waals surface area contributed by atoms with E-state index in [1.165, 1.54) is 0 Å². The molecule has 38 valence electrons. The van der Waals surface area contributed by atoms with Crippen LogP contribution in [0.25, 0.3) is 0 Å². The standard InChI is InChI=1S/Ga.H3O4P.3H/c;1-5(2,3)4;;;/h;(H3,1,2,3,4);;;. The van der Waals surface area contributed by atoms with Gasteiger partial charge in [0.2, 0.25) is 0 Å². The molecular weight excluding hydrogens is 165 g/mol. The minimum absolute atomic E-state index is 0. The van der Waals surface area contributed by atoms with Gasteiger partial charge in [0.15, 0.2) is 0 Å². The van der Waals surface area contributed by atoms with Crippen molar-refractivity contribution in [2.24, 2.45) is 0 Å². The molecule has 6 heteroatoms. The summed E-state index contributed by atoms with van der Waals surface area (Å²) in [4.78, 5) is 21.6. The molecule has 0 fully saturated rings. The van der Waals surface area contributed by atoms with Crippen molar-refractivity contribution in [2.75, 3.05) is 0 Å². The third kappa shape index (κ3) is 120. The summed E-state index contributed by atoms with van der Waals surface area (Å²) in [6, 6.07) is 0. The van der Waals surface area contributed by atoms with E-state index in [0.717, 1.165) is 0 Å². The zero-order chi connectivity index (χ0) is 4.50. The molecule has 0 aliphatic heterocycles. The molecule has 0 aromatic carbocycles. The molecule has 0 aromatic heterocycles. The normalized spacial score (nSPS) is 9.83. The van der Waals surface area contributed by atoms with Gasteiger partial charge in [0, 0.05) is 0 Å². The molecule has 0 radical (unpaired) electrons. The molecule has 6 heavy (non-hydrogen) atoms. The average molecular weight is 171 g/mol. The average Bonchev–Trinajstić information content (AvgIpc) is 0.722. The van der Waals surface area contributed by atoms with Crippen molar-refractivity contribution >= 4 is 27.6 Å². The fourth-order valence-corrected chi connectivity index (χ4v) is 0.